The van der Waals surface area contributed by atoms with Crippen molar-refractivity contribution < 1.29 is 9.90 Å². The zero-order chi connectivity index (χ0) is 13.5. The number of thiophene rings is 1. The number of nitrogens with zero attached hydrogens (tertiary/aromatic N) is 1. The Morgan fingerprint density at radius 1 is 1.67 bits per heavy atom. The highest BCUT2D eigenvalue weighted by Crippen LogP contribution is 2.23. The third kappa shape index (κ3) is 5.21. The first-order chi connectivity index (χ1) is 8.52. The Labute approximate surface area is 117 Å². The zero-order valence-corrected chi connectivity index (χ0v) is 12.0. The molecule has 0 aliphatic heterocycles. The Bertz CT molecular complexity index is 403. The lowest BCUT2D eigenvalue weighted by molar-refractivity contribution is -0.131. The molecule has 100 valence electrons. The van der Waals surface area contributed by atoms with E-state index >= 15 is 0 Å². The fraction of sp³-hybridized carbons (Fsp3) is 0.462. The molecule has 1 amide bonds. The largest absolute Gasteiger partial charge is 0.393 e. The maximum Gasteiger partial charge on any atom is 0.223 e. The number of carbonyl (C=O) groups excluding carboxylic acids is 1. The molecule has 0 aromatic carbocycles. The summed E-state index contributed by atoms with van der Waals surface area (Å²) in [5.74, 6) is 0.0281. The van der Waals surface area contributed by atoms with Gasteiger partial charge in [0.1, 0.15) is 0 Å². The minimum atomic E-state index is -0.448. The Morgan fingerprint density at radius 2 is 2.39 bits per heavy atom. The molecule has 1 aromatic rings. The molecule has 0 aliphatic carbocycles. The molecule has 0 spiro atoms. The SMILES string of the molecule is C=CCN(Cc1ccc(Cl)s1)C(=O)CCC(C)O. The van der Waals surface area contributed by atoms with Crippen LogP contribution in [-0.4, -0.2) is 28.6 Å². The van der Waals surface area contributed by atoms with Gasteiger partial charge in [0.2, 0.25) is 5.91 Å². The fourth-order valence-corrected chi connectivity index (χ4v) is 2.63. The molecule has 1 heterocycles. The van der Waals surface area contributed by atoms with Crippen LogP contribution in [0.1, 0.15) is 24.6 Å². The van der Waals surface area contributed by atoms with Crippen molar-refractivity contribution in [3.05, 3.63) is 34.0 Å². The Balaban J connectivity index is 2.58. The van der Waals surface area contributed by atoms with Gasteiger partial charge in [0.25, 0.3) is 0 Å². The summed E-state index contributed by atoms with van der Waals surface area (Å²) in [7, 11) is 0. The topological polar surface area (TPSA) is 40.5 Å². The molecule has 0 saturated carbocycles. The van der Waals surface area contributed by atoms with Gasteiger partial charge in [-0.2, -0.15) is 0 Å². The molecule has 1 rings (SSSR count). The second-order valence-corrected chi connectivity index (χ2v) is 5.96. The van der Waals surface area contributed by atoms with Gasteiger partial charge in [-0.25, -0.2) is 0 Å². The summed E-state index contributed by atoms with van der Waals surface area (Å²) >= 11 is 7.34. The summed E-state index contributed by atoms with van der Waals surface area (Å²) in [5, 5.41) is 9.20. The van der Waals surface area contributed by atoms with E-state index in [2.05, 4.69) is 6.58 Å². The van der Waals surface area contributed by atoms with Crippen LogP contribution in [0.25, 0.3) is 0 Å². The number of rotatable bonds is 7. The number of aliphatic hydroxyl groups excluding tert-OH is 1. The van der Waals surface area contributed by atoms with E-state index in [0.717, 1.165) is 9.21 Å². The zero-order valence-electron chi connectivity index (χ0n) is 10.4. The van der Waals surface area contributed by atoms with Crippen molar-refractivity contribution in [3.8, 4) is 0 Å². The van der Waals surface area contributed by atoms with Gasteiger partial charge in [0.15, 0.2) is 0 Å². The van der Waals surface area contributed by atoms with Crippen molar-refractivity contribution in [2.45, 2.75) is 32.4 Å². The van der Waals surface area contributed by atoms with E-state index < -0.39 is 6.10 Å². The first kappa shape index (κ1) is 15.2. The van der Waals surface area contributed by atoms with Gasteiger partial charge in [-0.05, 0) is 25.5 Å². The number of carbonyl (C=O) groups is 1. The van der Waals surface area contributed by atoms with E-state index in [9.17, 15) is 9.90 Å². The molecular weight excluding hydrogens is 270 g/mol. The fourth-order valence-electron chi connectivity index (χ4n) is 1.53. The molecule has 5 heteroatoms. The van der Waals surface area contributed by atoms with Crippen molar-refractivity contribution in [3.63, 3.8) is 0 Å². The van der Waals surface area contributed by atoms with Gasteiger partial charge in [-0.3, -0.25) is 4.79 Å². The van der Waals surface area contributed by atoms with Crippen LogP contribution >= 0.6 is 22.9 Å². The molecule has 0 bridgehead atoms. The predicted octanol–water partition coefficient (Wildman–Crippen LogP) is 3.08. The molecule has 1 unspecified atom stereocenters. The average molecular weight is 288 g/mol. The van der Waals surface area contributed by atoms with Crippen molar-refractivity contribution in [1.82, 2.24) is 4.90 Å². The molecule has 3 nitrogen and oxygen atoms in total. The summed E-state index contributed by atoms with van der Waals surface area (Å²) in [6, 6.07) is 3.75. The average Bonchev–Trinajstić information content (AvgIpc) is 2.71. The monoisotopic (exact) mass is 287 g/mol. The van der Waals surface area contributed by atoms with Crippen molar-refractivity contribution in [1.29, 1.82) is 0 Å². The minimum Gasteiger partial charge on any atom is -0.393 e. The van der Waals surface area contributed by atoms with Gasteiger partial charge < -0.3 is 10.0 Å². The van der Waals surface area contributed by atoms with Crippen molar-refractivity contribution >= 4 is 28.8 Å². The summed E-state index contributed by atoms with van der Waals surface area (Å²) in [6.45, 7) is 6.40. The first-order valence-electron chi connectivity index (χ1n) is 5.84. The molecule has 18 heavy (non-hydrogen) atoms. The molecule has 1 N–H and O–H groups in total. The molecule has 1 aromatic heterocycles. The van der Waals surface area contributed by atoms with Crippen molar-refractivity contribution in [2.75, 3.05) is 6.54 Å². The predicted molar refractivity (Wildman–Crippen MR) is 75.9 cm³/mol. The van der Waals surface area contributed by atoms with Crippen LogP contribution < -0.4 is 0 Å². The quantitative estimate of drug-likeness (QED) is 0.783. The lowest BCUT2D eigenvalue weighted by Gasteiger charge is -2.20. The normalized spacial score (nSPS) is 12.2. The molecule has 0 fully saturated rings. The lowest BCUT2D eigenvalue weighted by Crippen LogP contribution is -2.30. The molecule has 0 aliphatic rings. The highest BCUT2D eigenvalue weighted by molar-refractivity contribution is 7.16. The Kier molecular flexibility index (Phi) is 6.39. The highest BCUT2D eigenvalue weighted by atomic mass is 35.5. The van der Waals surface area contributed by atoms with E-state index in [1.807, 2.05) is 12.1 Å². The number of aliphatic hydroxyl groups is 1. The first-order valence-corrected chi connectivity index (χ1v) is 7.03. The third-order valence-corrected chi connectivity index (χ3v) is 3.67. The third-order valence-electron chi connectivity index (χ3n) is 2.45. The standard InChI is InChI=1S/C13H18ClNO2S/c1-3-8-15(13(17)7-4-10(2)16)9-11-5-6-12(14)18-11/h3,5-6,10,16H,1,4,7-9H2,2H3. The summed E-state index contributed by atoms with van der Waals surface area (Å²) < 4.78 is 0.722. The number of hydrogen-bond acceptors (Lipinski definition) is 3. The summed E-state index contributed by atoms with van der Waals surface area (Å²) in [5.41, 5.74) is 0. The molecular formula is C13H18ClNO2S. The van der Waals surface area contributed by atoms with Crippen LogP contribution in [0.2, 0.25) is 4.34 Å². The summed E-state index contributed by atoms with van der Waals surface area (Å²) in [4.78, 5) is 14.8. The maximum atomic E-state index is 12.0. The number of hydrogen-bond donors (Lipinski definition) is 1. The Morgan fingerprint density at radius 3 is 2.89 bits per heavy atom. The second-order valence-electron chi connectivity index (χ2n) is 4.16. The van der Waals surface area contributed by atoms with E-state index in [1.54, 1.807) is 17.9 Å². The number of halogens is 1. The smallest absolute Gasteiger partial charge is 0.223 e. The van der Waals surface area contributed by atoms with Crippen molar-refractivity contribution in [2.24, 2.45) is 0 Å². The van der Waals surface area contributed by atoms with Crippen LogP contribution in [0.5, 0.6) is 0 Å². The van der Waals surface area contributed by atoms with E-state index in [1.165, 1.54) is 11.3 Å². The Hall–Kier alpha value is -0.840. The second kappa shape index (κ2) is 7.56. The van der Waals surface area contributed by atoms with Gasteiger partial charge in [0.05, 0.1) is 17.0 Å². The summed E-state index contributed by atoms with van der Waals surface area (Å²) in [6.07, 6.45) is 2.09. The number of amides is 1. The molecule has 0 radical (unpaired) electrons. The van der Waals surface area contributed by atoms with Crippen LogP contribution in [0.3, 0.4) is 0 Å². The van der Waals surface area contributed by atoms with E-state index in [-0.39, 0.29) is 5.91 Å². The minimum absolute atomic E-state index is 0.0281. The van der Waals surface area contributed by atoms with E-state index in [0.29, 0.717) is 25.9 Å². The van der Waals surface area contributed by atoms with Crippen LogP contribution in [0.4, 0.5) is 0 Å². The molecule has 0 saturated heterocycles. The van der Waals surface area contributed by atoms with Crippen LogP contribution in [0.15, 0.2) is 24.8 Å². The van der Waals surface area contributed by atoms with Gasteiger partial charge in [-0.1, -0.05) is 17.7 Å². The highest BCUT2D eigenvalue weighted by Gasteiger charge is 2.14. The van der Waals surface area contributed by atoms with Crippen LogP contribution in [-0.2, 0) is 11.3 Å². The maximum absolute atomic E-state index is 12.0. The van der Waals surface area contributed by atoms with Gasteiger partial charge >= 0.3 is 0 Å². The van der Waals surface area contributed by atoms with Gasteiger partial charge in [0, 0.05) is 17.8 Å². The van der Waals surface area contributed by atoms with Gasteiger partial charge in [-0.15, -0.1) is 17.9 Å². The lowest BCUT2D eigenvalue weighted by atomic mass is 10.2. The molecule has 1 atom stereocenters. The van der Waals surface area contributed by atoms with Crippen LogP contribution in [0, 0.1) is 0 Å². The van der Waals surface area contributed by atoms with E-state index in [4.69, 9.17) is 11.6 Å².